The minimum absolute atomic E-state index is 0.342. The average Bonchev–Trinajstić information content (AvgIpc) is 3.04. The van der Waals surface area contributed by atoms with Gasteiger partial charge in [-0.2, -0.15) is 0 Å². The van der Waals surface area contributed by atoms with Crippen LogP contribution in [0.1, 0.15) is 147 Å². The minimum Gasteiger partial charge on any atom is -0.265 e. The molecular formula is C47H79N3. The summed E-state index contributed by atoms with van der Waals surface area (Å²) in [5.41, 5.74) is 6.78. The first-order valence-corrected chi connectivity index (χ1v) is 19.0. The second-order valence-corrected chi connectivity index (χ2v) is 16.5. The summed E-state index contributed by atoms with van der Waals surface area (Å²) in [6, 6.07) is 25.0. The first kappa shape index (κ1) is 51.0. The Morgan fingerprint density at radius 2 is 0.760 bits per heavy atom. The number of pyridine rings is 3. The Hall–Kier alpha value is -3.33. The summed E-state index contributed by atoms with van der Waals surface area (Å²) in [5.74, 6) is 0. The number of nitrogens with zero attached hydrogens (tertiary/aromatic N) is 3. The summed E-state index contributed by atoms with van der Waals surface area (Å²) in [7, 11) is 0. The molecule has 0 aliphatic heterocycles. The number of rotatable bonds is 4. The van der Waals surface area contributed by atoms with Crippen LogP contribution in [-0.2, 0) is 25.7 Å². The molecule has 0 atom stereocenters. The van der Waals surface area contributed by atoms with Crippen molar-refractivity contribution >= 4 is 0 Å². The highest BCUT2D eigenvalue weighted by atomic mass is 14.7. The van der Waals surface area contributed by atoms with Gasteiger partial charge in [0.05, 0.1) is 0 Å². The fourth-order valence-corrected chi connectivity index (χ4v) is 4.48. The maximum Gasteiger partial charge on any atom is 0.0408 e. The normalized spacial score (nSPS) is 10.5. The van der Waals surface area contributed by atoms with Crippen molar-refractivity contribution in [3.63, 3.8) is 0 Å². The molecule has 3 heteroatoms. The number of benzene rings is 1. The van der Waals surface area contributed by atoms with Crippen molar-refractivity contribution in [1.29, 1.82) is 0 Å². The fourth-order valence-electron chi connectivity index (χ4n) is 4.48. The molecule has 0 radical (unpaired) electrons. The highest BCUT2D eigenvalue weighted by Crippen LogP contribution is 2.21. The molecule has 3 heterocycles. The first-order valence-electron chi connectivity index (χ1n) is 19.0. The molecule has 0 spiro atoms. The number of aromatic nitrogens is 3. The lowest BCUT2D eigenvalue weighted by atomic mass is 9.88. The van der Waals surface area contributed by atoms with Crippen molar-refractivity contribution in [3.05, 3.63) is 126 Å². The van der Waals surface area contributed by atoms with Gasteiger partial charge in [0.25, 0.3) is 0 Å². The molecule has 282 valence electrons. The summed E-state index contributed by atoms with van der Waals surface area (Å²) < 4.78 is 0. The monoisotopic (exact) mass is 686 g/mol. The zero-order chi connectivity index (χ0) is 39.3. The Kier molecular flexibility index (Phi) is 29.0. The van der Waals surface area contributed by atoms with Crippen molar-refractivity contribution in [2.45, 2.75) is 150 Å². The smallest absolute Gasteiger partial charge is 0.0408 e. The van der Waals surface area contributed by atoms with Crippen LogP contribution in [-0.4, -0.2) is 15.0 Å². The van der Waals surface area contributed by atoms with Gasteiger partial charge in [-0.15, -0.1) is 0 Å². The van der Waals surface area contributed by atoms with E-state index in [2.05, 4.69) is 153 Å². The van der Waals surface area contributed by atoms with E-state index in [9.17, 15) is 0 Å². The molecular weight excluding hydrogens is 607 g/mol. The molecule has 0 amide bonds. The summed E-state index contributed by atoms with van der Waals surface area (Å²) in [5, 5.41) is 0. The van der Waals surface area contributed by atoms with Crippen molar-refractivity contribution in [3.8, 4) is 0 Å². The van der Waals surface area contributed by atoms with Gasteiger partial charge in [0.2, 0.25) is 0 Å². The summed E-state index contributed by atoms with van der Waals surface area (Å²) in [6.45, 7) is 38.9. The summed E-state index contributed by atoms with van der Waals surface area (Å²) in [6.07, 6.45) is 13.7. The van der Waals surface area contributed by atoms with Gasteiger partial charge in [0, 0.05) is 36.7 Å². The van der Waals surface area contributed by atoms with Gasteiger partial charge in [-0.1, -0.05) is 167 Å². The maximum atomic E-state index is 4.26. The van der Waals surface area contributed by atoms with E-state index in [4.69, 9.17) is 0 Å². The lowest BCUT2D eigenvalue weighted by Gasteiger charge is -2.17. The van der Waals surface area contributed by atoms with E-state index in [1.54, 1.807) is 0 Å². The molecule has 1 aromatic carbocycles. The molecule has 0 fully saturated rings. The van der Waals surface area contributed by atoms with Crippen LogP contribution in [0.2, 0.25) is 0 Å². The molecule has 0 bridgehead atoms. The molecule has 0 saturated heterocycles. The van der Waals surface area contributed by atoms with Gasteiger partial charge in [-0.05, 0) is 94.4 Å². The zero-order valence-electron chi connectivity index (χ0n) is 36.0. The fraction of sp³-hybridized carbons (Fsp3) is 0.553. The molecule has 50 heavy (non-hydrogen) atoms. The van der Waals surface area contributed by atoms with Crippen LogP contribution in [0.15, 0.2) is 104 Å². The second kappa shape index (κ2) is 28.4. The van der Waals surface area contributed by atoms with Crippen molar-refractivity contribution in [1.82, 2.24) is 15.0 Å². The predicted octanol–water partition coefficient (Wildman–Crippen LogP) is 14.4. The number of hydrogen-bond donors (Lipinski definition) is 0. The van der Waals surface area contributed by atoms with E-state index in [1.165, 1.54) is 22.4 Å². The van der Waals surface area contributed by atoms with E-state index in [0.29, 0.717) is 21.7 Å². The van der Waals surface area contributed by atoms with Crippen LogP contribution in [0, 0.1) is 21.7 Å². The van der Waals surface area contributed by atoms with E-state index >= 15 is 0 Å². The third-order valence-corrected chi connectivity index (χ3v) is 5.96. The third kappa shape index (κ3) is 36.0. The van der Waals surface area contributed by atoms with Crippen LogP contribution in [0.25, 0.3) is 0 Å². The molecule has 0 unspecified atom stereocenters. The largest absolute Gasteiger partial charge is 0.265 e. The molecule has 0 N–H and O–H groups in total. The van der Waals surface area contributed by atoms with E-state index in [-0.39, 0.29) is 0 Å². The standard InChI is InChI=1S/C11H16.3C10H15N.3C2H6/c1-11(2,3)9-10-7-5-4-6-8-10;1-10(2,3)8-9-4-6-11-7-5-9;1-10(2,3)7-9-5-4-6-11-8-9;1-10(2,3)8-9-6-4-5-7-11-9;3*1-2/h4-8H,9H2,1-3H3;4-7H,8H2,1-3H3;4-6,8H,7H2,1-3H3;4-7H,8H2,1-3H3;3*1-2H3. The third-order valence-electron chi connectivity index (χ3n) is 5.96. The highest BCUT2D eigenvalue weighted by molar-refractivity contribution is 5.16. The molecule has 0 aliphatic carbocycles. The number of hydrogen-bond acceptors (Lipinski definition) is 3. The Labute approximate surface area is 312 Å². The molecule has 3 nitrogen and oxygen atoms in total. The van der Waals surface area contributed by atoms with E-state index in [0.717, 1.165) is 25.7 Å². The second-order valence-electron chi connectivity index (χ2n) is 16.5. The lowest BCUT2D eigenvalue weighted by molar-refractivity contribution is 0.406. The van der Waals surface area contributed by atoms with Crippen LogP contribution in [0.3, 0.4) is 0 Å². The summed E-state index contributed by atoms with van der Waals surface area (Å²) in [4.78, 5) is 12.3. The van der Waals surface area contributed by atoms with Crippen molar-refractivity contribution < 1.29 is 0 Å². The lowest BCUT2D eigenvalue weighted by Crippen LogP contribution is -2.09. The molecule has 0 aliphatic rings. The Morgan fingerprint density at radius 3 is 1.14 bits per heavy atom. The van der Waals surface area contributed by atoms with Gasteiger partial charge in [-0.25, -0.2) is 0 Å². The first-order chi connectivity index (χ1) is 23.3. The molecule has 4 aromatic rings. The molecule has 0 saturated carbocycles. The SMILES string of the molecule is CC.CC.CC.CC(C)(C)Cc1ccccc1.CC(C)(C)Cc1ccccn1.CC(C)(C)Cc1cccnc1.CC(C)(C)Cc1ccncc1. The maximum absolute atomic E-state index is 4.26. The van der Waals surface area contributed by atoms with Gasteiger partial charge < -0.3 is 0 Å². The van der Waals surface area contributed by atoms with E-state index in [1.807, 2.05) is 90.7 Å². The Bertz CT molecular complexity index is 1040. The van der Waals surface area contributed by atoms with Gasteiger partial charge in [-0.3, -0.25) is 15.0 Å². The van der Waals surface area contributed by atoms with Crippen molar-refractivity contribution in [2.24, 2.45) is 21.7 Å². The highest BCUT2D eigenvalue weighted by Gasteiger charge is 2.12. The predicted molar refractivity (Wildman–Crippen MR) is 226 cm³/mol. The molecule has 3 aromatic heterocycles. The Morgan fingerprint density at radius 1 is 0.360 bits per heavy atom. The quantitative estimate of drug-likeness (QED) is 0.215. The van der Waals surface area contributed by atoms with Crippen molar-refractivity contribution in [2.75, 3.05) is 0 Å². The van der Waals surface area contributed by atoms with E-state index < -0.39 is 0 Å². The summed E-state index contributed by atoms with van der Waals surface area (Å²) >= 11 is 0. The van der Waals surface area contributed by atoms with Crippen LogP contribution in [0.5, 0.6) is 0 Å². The average molecular weight is 686 g/mol. The Balaban J connectivity index is -0.000000560. The van der Waals surface area contributed by atoms with Crippen LogP contribution < -0.4 is 0 Å². The minimum atomic E-state index is 0.342. The zero-order valence-corrected chi connectivity index (χ0v) is 36.0. The topological polar surface area (TPSA) is 38.7 Å². The van der Waals surface area contributed by atoms with Gasteiger partial charge in [0.15, 0.2) is 0 Å². The van der Waals surface area contributed by atoms with Crippen LogP contribution in [0.4, 0.5) is 0 Å². The molecule has 4 rings (SSSR count). The van der Waals surface area contributed by atoms with Crippen LogP contribution >= 0.6 is 0 Å². The van der Waals surface area contributed by atoms with Gasteiger partial charge >= 0.3 is 0 Å². The van der Waals surface area contributed by atoms with Gasteiger partial charge in [0.1, 0.15) is 0 Å².